The van der Waals surface area contributed by atoms with Crippen molar-refractivity contribution in [3.8, 4) is 23.0 Å². The van der Waals surface area contributed by atoms with Crippen molar-refractivity contribution in [2.45, 2.75) is 25.3 Å². The van der Waals surface area contributed by atoms with Gasteiger partial charge in [0.1, 0.15) is 11.6 Å². The molecule has 2 heterocycles. The second-order valence-corrected chi connectivity index (χ2v) is 9.92. The van der Waals surface area contributed by atoms with Gasteiger partial charge >= 0.3 is 0 Å². The highest BCUT2D eigenvalue weighted by Crippen LogP contribution is 2.38. The Labute approximate surface area is 222 Å². The van der Waals surface area contributed by atoms with Crippen LogP contribution in [0.5, 0.6) is 23.0 Å². The van der Waals surface area contributed by atoms with Gasteiger partial charge in [0.05, 0.1) is 33.7 Å². The van der Waals surface area contributed by atoms with Crippen molar-refractivity contribution in [3.05, 3.63) is 66.2 Å². The molecule has 1 aliphatic heterocycles. The van der Waals surface area contributed by atoms with Crippen LogP contribution >= 0.6 is 11.8 Å². The number of para-hydroxylation sites is 1. The Morgan fingerprint density at radius 1 is 1.03 bits per heavy atom. The first-order valence-corrected chi connectivity index (χ1v) is 13.6. The van der Waals surface area contributed by atoms with E-state index < -0.39 is 0 Å². The molecule has 8 nitrogen and oxygen atoms in total. The van der Waals surface area contributed by atoms with Gasteiger partial charge in [0.15, 0.2) is 11.5 Å². The van der Waals surface area contributed by atoms with E-state index in [9.17, 15) is 4.79 Å². The van der Waals surface area contributed by atoms with E-state index in [1.807, 2.05) is 59.8 Å². The second kappa shape index (κ2) is 13.3. The summed E-state index contributed by atoms with van der Waals surface area (Å²) in [6, 6.07) is 13.7. The van der Waals surface area contributed by atoms with E-state index in [-0.39, 0.29) is 5.91 Å². The van der Waals surface area contributed by atoms with Crippen LogP contribution in [0.3, 0.4) is 0 Å². The zero-order valence-electron chi connectivity index (χ0n) is 21.7. The predicted octanol–water partition coefficient (Wildman–Crippen LogP) is 4.48. The van der Waals surface area contributed by atoms with Crippen molar-refractivity contribution in [1.29, 1.82) is 0 Å². The molecule has 3 aromatic rings. The molecule has 9 heteroatoms. The van der Waals surface area contributed by atoms with Crippen molar-refractivity contribution in [1.82, 2.24) is 14.5 Å². The summed E-state index contributed by atoms with van der Waals surface area (Å²) in [6.45, 7) is 2.74. The van der Waals surface area contributed by atoms with E-state index in [1.165, 1.54) is 0 Å². The normalized spacial score (nSPS) is 13.9. The number of hydrogen-bond acceptors (Lipinski definition) is 7. The number of carbonyl (C=O) groups is 1. The largest absolute Gasteiger partial charge is 0.493 e. The summed E-state index contributed by atoms with van der Waals surface area (Å²) in [6.07, 6.45) is 5.66. The van der Waals surface area contributed by atoms with Crippen LogP contribution in [0.25, 0.3) is 0 Å². The third-order valence-electron chi connectivity index (χ3n) is 6.50. The molecule has 1 saturated heterocycles. The van der Waals surface area contributed by atoms with Gasteiger partial charge in [-0.3, -0.25) is 4.79 Å². The van der Waals surface area contributed by atoms with Crippen LogP contribution in [0.1, 0.15) is 30.1 Å². The Bertz CT molecular complexity index is 1120. The monoisotopic (exact) mass is 525 g/mol. The highest BCUT2D eigenvalue weighted by Gasteiger charge is 2.26. The average molecular weight is 526 g/mol. The third-order valence-corrected chi connectivity index (χ3v) is 7.41. The van der Waals surface area contributed by atoms with E-state index in [2.05, 4.69) is 9.55 Å². The van der Waals surface area contributed by atoms with Crippen molar-refractivity contribution in [2.24, 2.45) is 0 Å². The van der Waals surface area contributed by atoms with Crippen LogP contribution in [-0.4, -0.2) is 72.9 Å². The number of benzene rings is 2. The Morgan fingerprint density at radius 2 is 1.73 bits per heavy atom. The third kappa shape index (κ3) is 6.91. The van der Waals surface area contributed by atoms with Gasteiger partial charge in [-0.05, 0) is 42.7 Å². The highest BCUT2D eigenvalue weighted by molar-refractivity contribution is 7.99. The smallest absolute Gasteiger partial charge is 0.232 e. The molecule has 1 amide bonds. The number of ether oxygens (including phenoxy) is 4. The van der Waals surface area contributed by atoms with Crippen LogP contribution in [0, 0.1) is 0 Å². The number of imidazole rings is 1. The Morgan fingerprint density at radius 3 is 2.38 bits per heavy atom. The van der Waals surface area contributed by atoms with Crippen molar-refractivity contribution >= 4 is 17.7 Å². The molecule has 1 fully saturated rings. The number of amides is 1. The zero-order valence-corrected chi connectivity index (χ0v) is 22.5. The maximum absolute atomic E-state index is 12.7. The van der Waals surface area contributed by atoms with Gasteiger partial charge in [-0.25, -0.2) is 4.98 Å². The number of likely N-dealkylation sites (tertiary alicyclic amines) is 1. The molecule has 0 radical (unpaired) electrons. The van der Waals surface area contributed by atoms with Crippen molar-refractivity contribution in [2.75, 3.05) is 52.5 Å². The molecule has 4 rings (SSSR count). The number of piperidine rings is 1. The molecule has 1 aromatic heterocycles. The number of hydrogen-bond donors (Lipinski definition) is 0. The number of aromatic nitrogens is 2. The maximum atomic E-state index is 12.7. The Balaban J connectivity index is 1.26. The number of nitrogens with zero attached hydrogens (tertiary/aromatic N) is 3. The van der Waals surface area contributed by atoms with Gasteiger partial charge < -0.3 is 28.4 Å². The van der Waals surface area contributed by atoms with E-state index in [0.29, 0.717) is 42.1 Å². The number of thioether (sulfide) groups is 1. The fourth-order valence-electron chi connectivity index (χ4n) is 4.61. The summed E-state index contributed by atoms with van der Waals surface area (Å²) < 4.78 is 24.3. The molecular weight excluding hydrogens is 490 g/mol. The standard InChI is InChI=1S/C28H35N3O5S/c1-33-24-17-21(18-25(34-2)27(24)35-3)19-31-14-11-29-28(31)22-9-12-30(13-10-22)26(32)20-37-16-15-36-23-7-5-4-6-8-23/h4-8,11,14,17-18,22H,9-10,12-13,15-16,19-20H2,1-3H3. The van der Waals surface area contributed by atoms with Gasteiger partial charge in [-0.15, -0.1) is 11.8 Å². The quantitative estimate of drug-likeness (QED) is 0.323. The highest BCUT2D eigenvalue weighted by atomic mass is 32.2. The van der Waals surface area contributed by atoms with Crippen molar-refractivity contribution < 1.29 is 23.7 Å². The summed E-state index contributed by atoms with van der Waals surface area (Å²) >= 11 is 1.62. The second-order valence-electron chi connectivity index (χ2n) is 8.82. The minimum absolute atomic E-state index is 0.198. The molecule has 0 atom stereocenters. The first-order valence-electron chi connectivity index (χ1n) is 12.5. The SMILES string of the molecule is COc1cc(Cn2ccnc2C2CCN(C(=O)CSCCOc3ccccc3)CC2)cc(OC)c1OC. The Kier molecular flexibility index (Phi) is 9.59. The van der Waals surface area contributed by atoms with E-state index in [0.717, 1.165) is 48.8 Å². The van der Waals surface area contributed by atoms with Gasteiger partial charge in [0.25, 0.3) is 0 Å². The molecule has 0 N–H and O–H groups in total. The number of rotatable bonds is 12. The topological polar surface area (TPSA) is 75.1 Å². The predicted molar refractivity (Wildman–Crippen MR) is 145 cm³/mol. The summed E-state index contributed by atoms with van der Waals surface area (Å²) in [5.74, 6) is 5.54. The van der Waals surface area contributed by atoms with Crippen LogP contribution in [0.2, 0.25) is 0 Å². The molecule has 198 valence electrons. The summed E-state index contributed by atoms with van der Waals surface area (Å²) in [5, 5.41) is 0. The molecule has 0 aliphatic carbocycles. The fourth-order valence-corrected chi connectivity index (χ4v) is 5.31. The first-order chi connectivity index (χ1) is 18.1. The minimum Gasteiger partial charge on any atom is -0.493 e. The van der Waals surface area contributed by atoms with Crippen molar-refractivity contribution in [3.63, 3.8) is 0 Å². The van der Waals surface area contributed by atoms with E-state index >= 15 is 0 Å². The lowest BCUT2D eigenvalue weighted by Gasteiger charge is -2.32. The molecule has 0 saturated carbocycles. The first kappa shape index (κ1) is 26.7. The molecule has 37 heavy (non-hydrogen) atoms. The van der Waals surface area contributed by atoms with E-state index in [1.54, 1.807) is 33.1 Å². The van der Waals surface area contributed by atoms with Crippen LogP contribution < -0.4 is 18.9 Å². The molecule has 0 spiro atoms. The lowest BCUT2D eigenvalue weighted by atomic mass is 9.95. The fraction of sp³-hybridized carbons (Fsp3) is 0.429. The zero-order chi connectivity index (χ0) is 26.0. The molecule has 0 bridgehead atoms. The molecule has 1 aliphatic rings. The van der Waals surface area contributed by atoms with Crippen LogP contribution in [0.4, 0.5) is 0 Å². The van der Waals surface area contributed by atoms with E-state index in [4.69, 9.17) is 18.9 Å². The number of carbonyl (C=O) groups excluding carboxylic acids is 1. The summed E-state index contributed by atoms with van der Waals surface area (Å²) in [4.78, 5) is 19.4. The molecule has 0 unspecified atom stereocenters. The molecular formula is C28H35N3O5S. The number of methoxy groups -OCH3 is 3. The van der Waals surface area contributed by atoms with Gasteiger partial charge in [-0.2, -0.15) is 0 Å². The summed E-state index contributed by atoms with van der Waals surface area (Å²) in [5.41, 5.74) is 1.04. The van der Waals surface area contributed by atoms with Gasteiger partial charge in [-0.1, -0.05) is 18.2 Å². The molecule has 2 aromatic carbocycles. The lowest BCUT2D eigenvalue weighted by molar-refractivity contribution is -0.129. The van der Waals surface area contributed by atoms with Gasteiger partial charge in [0.2, 0.25) is 11.7 Å². The lowest BCUT2D eigenvalue weighted by Crippen LogP contribution is -2.39. The minimum atomic E-state index is 0.198. The Hall–Kier alpha value is -3.33. The summed E-state index contributed by atoms with van der Waals surface area (Å²) in [7, 11) is 4.84. The maximum Gasteiger partial charge on any atom is 0.232 e. The van der Waals surface area contributed by atoms with Crippen LogP contribution in [-0.2, 0) is 11.3 Å². The van der Waals surface area contributed by atoms with Crippen LogP contribution in [0.15, 0.2) is 54.9 Å². The average Bonchev–Trinajstić information content (AvgIpc) is 3.40. The van der Waals surface area contributed by atoms with Gasteiger partial charge in [0, 0.05) is 43.7 Å².